The Labute approximate surface area is 206 Å². The lowest BCUT2D eigenvalue weighted by Gasteiger charge is -2.37. The van der Waals surface area contributed by atoms with Crippen molar-refractivity contribution in [3.63, 3.8) is 0 Å². The van der Waals surface area contributed by atoms with Crippen LogP contribution in [0.2, 0.25) is 0 Å². The van der Waals surface area contributed by atoms with Gasteiger partial charge in [0.25, 0.3) is 5.91 Å². The topological polar surface area (TPSA) is 110 Å². The summed E-state index contributed by atoms with van der Waals surface area (Å²) in [4.78, 5) is 33.6. The number of benzene rings is 2. The fourth-order valence-electron chi connectivity index (χ4n) is 3.93. The summed E-state index contributed by atoms with van der Waals surface area (Å²) in [6.07, 6.45) is -0.673. The van der Waals surface area contributed by atoms with Gasteiger partial charge in [-0.1, -0.05) is 23.9 Å². The number of thioether (sulfide) groups is 1. The predicted molar refractivity (Wildman–Crippen MR) is 129 cm³/mol. The fourth-order valence-corrected chi connectivity index (χ4v) is 4.63. The maximum atomic E-state index is 12.9. The monoisotopic (exact) mass is 495 g/mol. The Hall–Kier alpha value is -3.73. The van der Waals surface area contributed by atoms with Gasteiger partial charge in [0.15, 0.2) is 17.3 Å². The van der Waals surface area contributed by atoms with Crippen molar-refractivity contribution < 1.29 is 23.8 Å². The number of methoxy groups -OCH3 is 1. The molecule has 10 nitrogen and oxygen atoms in total. The molecule has 0 bridgehead atoms. The normalized spacial score (nSPS) is 17.2. The third-order valence-electron chi connectivity index (χ3n) is 5.88. The number of fused-ring (bicyclic) bond motifs is 1. The summed E-state index contributed by atoms with van der Waals surface area (Å²) in [5.74, 6) is 2.71. The van der Waals surface area contributed by atoms with Crippen molar-refractivity contribution in [3.05, 3.63) is 48.5 Å². The fraction of sp³-hybridized carbons (Fsp3) is 0.333. The number of para-hydroxylation sites is 2. The minimum atomic E-state index is -0.673. The molecule has 3 heterocycles. The zero-order valence-electron chi connectivity index (χ0n) is 19.2. The van der Waals surface area contributed by atoms with E-state index in [1.54, 1.807) is 23.0 Å². The van der Waals surface area contributed by atoms with E-state index in [9.17, 15) is 9.59 Å². The number of ether oxygens (including phenoxy) is 3. The summed E-state index contributed by atoms with van der Waals surface area (Å²) in [5.41, 5.74) is 0.882. The van der Waals surface area contributed by atoms with Crippen molar-refractivity contribution in [1.82, 2.24) is 25.0 Å². The van der Waals surface area contributed by atoms with Crippen LogP contribution in [-0.4, -0.2) is 88.5 Å². The van der Waals surface area contributed by atoms with Crippen LogP contribution in [0.15, 0.2) is 53.7 Å². The first-order valence-corrected chi connectivity index (χ1v) is 12.2. The van der Waals surface area contributed by atoms with E-state index in [1.165, 1.54) is 11.8 Å². The van der Waals surface area contributed by atoms with Gasteiger partial charge in [0.05, 0.1) is 12.9 Å². The van der Waals surface area contributed by atoms with Crippen molar-refractivity contribution in [2.75, 3.05) is 45.6 Å². The Kier molecular flexibility index (Phi) is 6.75. The number of aromatic nitrogens is 3. The second kappa shape index (κ2) is 10.3. The first-order valence-electron chi connectivity index (χ1n) is 11.3. The molecule has 35 heavy (non-hydrogen) atoms. The number of carbonyl (C=O) groups excluding carboxylic acids is 2. The molecule has 1 aromatic heterocycles. The van der Waals surface area contributed by atoms with E-state index in [-0.39, 0.29) is 24.2 Å². The van der Waals surface area contributed by atoms with Gasteiger partial charge in [-0.2, -0.15) is 0 Å². The molecule has 1 atom stereocenters. The number of H-pyrrole nitrogens is 1. The maximum absolute atomic E-state index is 12.9. The molecule has 5 rings (SSSR count). The van der Waals surface area contributed by atoms with Gasteiger partial charge in [-0.05, 0) is 36.4 Å². The lowest BCUT2D eigenvalue weighted by atomic mass is 10.2. The van der Waals surface area contributed by atoms with E-state index in [0.717, 1.165) is 11.3 Å². The van der Waals surface area contributed by atoms with E-state index in [1.807, 2.05) is 42.5 Å². The molecule has 11 heteroatoms. The summed E-state index contributed by atoms with van der Waals surface area (Å²) in [6.45, 7) is 2.04. The maximum Gasteiger partial charge on any atom is 0.267 e. The molecule has 0 spiro atoms. The van der Waals surface area contributed by atoms with Crippen LogP contribution in [0.4, 0.5) is 0 Å². The van der Waals surface area contributed by atoms with Gasteiger partial charge in [0.1, 0.15) is 12.4 Å². The molecule has 2 aliphatic heterocycles. The largest absolute Gasteiger partial charge is 0.497 e. The standard InChI is InChI=1S/C24H25N5O5S/c1-32-17-8-6-16(7-9-17)22-25-24(27-26-22)35-15-21(30)28-10-12-29(13-11-28)23(31)20-14-33-18-4-2-3-5-19(18)34-20/h2-9,20H,10-15H2,1H3,(H,25,26,27)/t20-/m1/s1. The Morgan fingerprint density at radius 1 is 1.06 bits per heavy atom. The van der Waals surface area contributed by atoms with E-state index >= 15 is 0 Å². The number of nitrogens with zero attached hydrogens (tertiary/aromatic N) is 4. The average Bonchev–Trinajstić information content (AvgIpc) is 3.40. The quantitative estimate of drug-likeness (QED) is 0.518. The number of hydrogen-bond acceptors (Lipinski definition) is 8. The molecule has 0 unspecified atom stereocenters. The van der Waals surface area contributed by atoms with Crippen LogP contribution in [0.1, 0.15) is 0 Å². The molecule has 2 amide bonds. The molecule has 3 aromatic rings. The highest BCUT2D eigenvalue weighted by Crippen LogP contribution is 2.31. The van der Waals surface area contributed by atoms with Crippen LogP contribution in [0.25, 0.3) is 11.4 Å². The van der Waals surface area contributed by atoms with E-state index in [2.05, 4.69) is 15.2 Å². The van der Waals surface area contributed by atoms with Crippen molar-refractivity contribution in [2.45, 2.75) is 11.3 Å². The zero-order chi connectivity index (χ0) is 24.2. The summed E-state index contributed by atoms with van der Waals surface area (Å²) < 4.78 is 16.7. The lowest BCUT2D eigenvalue weighted by molar-refractivity contribution is -0.145. The highest BCUT2D eigenvalue weighted by Gasteiger charge is 2.33. The summed E-state index contributed by atoms with van der Waals surface area (Å²) in [7, 11) is 1.62. The second-order valence-electron chi connectivity index (χ2n) is 8.05. The van der Waals surface area contributed by atoms with Crippen LogP contribution in [0.5, 0.6) is 17.2 Å². The van der Waals surface area contributed by atoms with Crippen LogP contribution in [-0.2, 0) is 9.59 Å². The number of aromatic amines is 1. The van der Waals surface area contributed by atoms with Gasteiger partial charge < -0.3 is 24.0 Å². The third kappa shape index (κ3) is 5.19. The van der Waals surface area contributed by atoms with Crippen LogP contribution in [0, 0.1) is 0 Å². The molecule has 2 aliphatic rings. The number of rotatable bonds is 6. The SMILES string of the molecule is COc1ccc(-c2nc(SCC(=O)N3CCN(C(=O)[C@H]4COc5ccccc5O4)CC3)n[nH]2)cc1. The summed E-state index contributed by atoms with van der Waals surface area (Å²) >= 11 is 1.28. The molecule has 1 saturated heterocycles. The highest BCUT2D eigenvalue weighted by atomic mass is 32.2. The van der Waals surface area contributed by atoms with Crippen LogP contribution >= 0.6 is 11.8 Å². The van der Waals surface area contributed by atoms with Crippen LogP contribution < -0.4 is 14.2 Å². The minimum Gasteiger partial charge on any atom is -0.497 e. The first-order chi connectivity index (χ1) is 17.1. The van der Waals surface area contributed by atoms with Gasteiger partial charge in [-0.3, -0.25) is 14.7 Å². The smallest absolute Gasteiger partial charge is 0.267 e. The average molecular weight is 496 g/mol. The predicted octanol–water partition coefficient (Wildman–Crippen LogP) is 2.08. The molecule has 1 N–H and O–H groups in total. The molecule has 0 radical (unpaired) electrons. The van der Waals surface area contributed by atoms with Gasteiger partial charge in [0, 0.05) is 31.7 Å². The Bertz CT molecular complexity index is 1190. The number of nitrogens with one attached hydrogen (secondary N) is 1. The number of hydrogen-bond donors (Lipinski definition) is 1. The zero-order valence-corrected chi connectivity index (χ0v) is 20.0. The second-order valence-corrected chi connectivity index (χ2v) is 9.00. The van der Waals surface area contributed by atoms with Gasteiger partial charge in [0.2, 0.25) is 17.2 Å². The Morgan fingerprint density at radius 2 is 1.77 bits per heavy atom. The van der Waals surface area contributed by atoms with Gasteiger partial charge in [-0.25, -0.2) is 4.98 Å². The Balaban J connectivity index is 1.09. The molecule has 1 fully saturated rings. The molecule has 0 aliphatic carbocycles. The summed E-state index contributed by atoms with van der Waals surface area (Å²) in [5, 5.41) is 7.61. The van der Waals surface area contributed by atoms with Crippen molar-refractivity contribution >= 4 is 23.6 Å². The number of piperazine rings is 1. The minimum absolute atomic E-state index is 0.0101. The van der Waals surface area contributed by atoms with E-state index < -0.39 is 6.10 Å². The number of amides is 2. The third-order valence-corrected chi connectivity index (χ3v) is 6.71. The van der Waals surface area contributed by atoms with Crippen molar-refractivity contribution in [3.8, 4) is 28.6 Å². The Morgan fingerprint density at radius 3 is 2.51 bits per heavy atom. The van der Waals surface area contributed by atoms with Gasteiger partial charge in [-0.15, -0.1) is 5.10 Å². The van der Waals surface area contributed by atoms with Gasteiger partial charge >= 0.3 is 0 Å². The van der Waals surface area contributed by atoms with Crippen molar-refractivity contribution in [2.24, 2.45) is 0 Å². The van der Waals surface area contributed by atoms with E-state index in [0.29, 0.717) is 48.7 Å². The molecule has 2 aromatic carbocycles. The molecule has 182 valence electrons. The number of carbonyl (C=O) groups is 2. The first kappa shape index (κ1) is 23.0. The van der Waals surface area contributed by atoms with E-state index in [4.69, 9.17) is 14.2 Å². The van der Waals surface area contributed by atoms with Crippen LogP contribution in [0.3, 0.4) is 0 Å². The lowest BCUT2D eigenvalue weighted by Crippen LogP contribution is -2.55. The highest BCUT2D eigenvalue weighted by molar-refractivity contribution is 7.99. The van der Waals surface area contributed by atoms with Crippen molar-refractivity contribution in [1.29, 1.82) is 0 Å². The summed E-state index contributed by atoms with van der Waals surface area (Å²) in [6, 6.07) is 14.8. The molecule has 0 saturated carbocycles. The molecular weight excluding hydrogens is 470 g/mol. The molecular formula is C24H25N5O5S.